The highest BCUT2D eigenvalue weighted by Crippen LogP contribution is 2.41. The van der Waals surface area contributed by atoms with Gasteiger partial charge in [0.2, 0.25) is 17.7 Å². The minimum atomic E-state index is -1.08. The van der Waals surface area contributed by atoms with E-state index in [1.165, 1.54) is 26.1 Å². The van der Waals surface area contributed by atoms with Gasteiger partial charge in [-0.2, -0.15) is 4.98 Å². The molecule has 0 radical (unpaired) electrons. The van der Waals surface area contributed by atoms with Crippen LogP contribution in [0.3, 0.4) is 0 Å². The Balaban J connectivity index is 1.38. The van der Waals surface area contributed by atoms with Crippen molar-refractivity contribution in [2.24, 2.45) is 5.92 Å². The topological polar surface area (TPSA) is 146 Å². The lowest BCUT2D eigenvalue weighted by Crippen LogP contribution is -2.56. The predicted molar refractivity (Wildman–Crippen MR) is 164 cm³/mol. The fourth-order valence-corrected chi connectivity index (χ4v) is 5.79. The van der Waals surface area contributed by atoms with Crippen LogP contribution in [0, 0.1) is 5.92 Å². The zero-order valence-corrected chi connectivity index (χ0v) is 25.9. The van der Waals surface area contributed by atoms with Gasteiger partial charge in [0.05, 0.1) is 35.6 Å². The second-order valence-corrected chi connectivity index (χ2v) is 11.3. The number of imide groups is 1. The SMILES string of the molecule is COc1nc(-c2cccc(-c3cccc(NC(=O)C4CN(C)C(=O)N(C)C4=O)c3Cl)c2Cl)ncc1CN[C@@H]1CCOC[C@@H]1O. The number of urea groups is 1. The van der Waals surface area contributed by atoms with Crippen LogP contribution in [0.5, 0.6) is 5.88 Å². The van der Waals surface area contributed by atoms with E-state index in [-0.39, 0.29) is 29.9 Å². The van der Waals surface area contributed by atoms with Gasteiger partial charge in [0.25, 0.3) is 0 Å². The molecule has 5 rings (SSSR count). The number of benzene rings is 2. The molecule has 44 heavy (non-hydrogen) atoms. The molecule has 0 bridgehead atoms. The minimum absolute atomic E-state index is 0.0468. The number of aromatic nitrogens is 2. The van der Waals surface area contributed by atoms with E-state index in [1.54, 1.807) is 42.6 Å². The van der Waals surface area contributed by atoms with Crippen molar-refractivity contribution in [3.8, 4) is 28.4 Å². The molecule has 3 aromatic rings. The molecule has 1 unspecified atom stereocenters. The summed E-state index contributed by atoms with van der Waals surface area (Å²) in [5.74, 6) is -1.55. The largest absolute Gasteiger partial charge is 0.481 e. The smallest absolute Gasteiger partial charge is 0.326 e. The van der Waals surface area contributed by atoms with Gasteiger partial charge in [-0.15, -0.1) is 0 Å². The lowest BCUT2D eigenvalue weighted by atomic mass is 10.0. The fourth-order valence-electron chi connectivity index (χ4n) is 5.20. The molecule has 14 heteroatoms. The predicted octanol–water partition coefficient (Wildman–Crippen LogP) is 3.44. The van der Waals surface area contributed by atoms with Crippen molar-refractivity contribution >= 4 is 46.7 Å². The van der Waals surface area contributed by atoms with Crippen LogP contribution in [0.4, 0.5) is 10.5 Å². The van der Waals surface area contributed by atoms with Gasteiger partial charge in [0.1, 0.15) is 5.92 Å². The van der Waals surface area contributed by atoms with Crippen molar-refractivity contribution in [3.05, 3.63) is 58.2 Å². The van der Waals surface area contributed by atoms with E-state index < -0.39 is 29.9 Å². The molecule has 4 amide bonds. The summed E-state index contributed by atoms with van der Waals surface area (Å²) in [7, 11) is 4.38. The highest BCUT2D eigenvalue weighted by Gasteiger charge is 2.39. The average molecular weight is 644 g/mol. The first-order valence-corrected chi connectivity index (χ1v) is 14.7. The number of carbonyl (C=O) groups is 3. The molecule has 12 nitrogen and oxygen atoms in total. The number of aliphatic hydroxyl groups is 1. The molecule has 0 saturated carbocycles. The molecule has 2 saturated heterocycles. The summed E-state index contributed by atoms with van der Waals surface area (Å²) in [4.78, 5) is 49.1. The molecule has 0 aliphatic carbocycles. The van der Waals surface area contributed by atoms with Crippen LogP contribution in [-0.2, 0) is 20.9 Å². The Labute approximate surface area is 264 Å². The second kappa shape index (κ2) is 13.4. The van der Waals surface area contributed by atoms with Gasteiger partial charge in [-0.3, -0.25) is 14.5 Å². The van der Waals surface area contributed by atoms with Crippen LogP contribution in [0.1, 0.15) is 12.0 Å². The van der Waals surface area contributed by atoms with Crippen molar-refractivity contribution < 1.29 is 29.0 Å². The summed E-state index contributed by atoms with van der Waals surface area (Å²) < 4.78 is 10.8. The van der Waals surface area contributed by atoms with Crippen LogP contribution in [0.25, 0.3) is 22.5 Å². The molecule has 3 atom stereocenters. The zero-order chi connectivity index (χ0) is 31.5. The molecule has 0 spiro atoms. The number of carbonyl (C=O) groups excluding carboxylic acids is 3. The quantitative estimate of drug-likeness (QED) is 0.314. The number of methoxy groups -OCH3 is 1. The Kier molecular flexibility index (Phi) is 9.66. The Morgan fingerprint density at radius 1 is 1.11 bits per heavy atom. The van der Waals surface area contributed by atoms with Gasteiger partial charge in [-0.25, -0.2) is 9.78 Å². The van der Waals surface area contributed by atoms with Gasteiger partial charge in [-0.05, 0) is 18.6 Å². The first-order valence-electron chi connectivity index (χ1n) is 13.9. The van der Waals surface area contributed by atoms with E-state index in [0.717, 1.165) is 4.90 Å². The van der Waals surface area contributed by atoms with Gasteiger partial charge in [0.15, 0.2) is 5.82 Å². The summed E-state index contributed by atoms with van der Waals surface area (Å²) in [6.45, 7) is 1.21. The maximum atomic E-state index is 13.1. The first-order chi connectivity index (χ1) is 21.1. The molecule has 2 aliphatic rings. The van der Waals surface area contributed by atoms with Crippen LogP contribution in [-0.4, -0.2) is 95.8 Å². The average Bonchev–Trinajstić information content (AvgIpc) is 3.02. The van der Waals surface area contributed by atoms with Crippen molar-refractivity contribution in [1.29, 1.82) is 0 Å². The van der Waals surface area contributed by atoms with Gasteiger partial charge in [0, 0.05) is 68.3 Å². The van der Waals surface area contributed by atoms with E-state index in [0.29, 0.717) is 58.6 Å². The zero-order valence-electron chi connectivity index (χ0n) is 24.3. The number of nitrogens with zero attached hydrogens (tertiary/aromatic N) is 4. The molecule has 3 heterocycles. The second-order valence-electron chi connectivity index (χ2n) is 10.6. The van der Waals surface area contributed by atoms with Gasteiger partial charge < -0.3 is 30.1 Å². The minimum Gasteiger partial charge on any atom is -0.481 e. The molecule has 2 aliphatic heterocycles. The molecule has 1 aromatic heterocycles. The third kappa shape index (κ3) is 6.35. The number of ether oxygens (including phenoxy) is 2. The van der Waals surface area contributed by atoms with E-state index in [2.05, 4.69) is 20.6 Å². The van der Waals surface area contributed by atoms with E-state index in [9.17, 15) is 19.5 Å². The summed E-state index contributed by atoms with van der Waals surface area (Å²) >= 11 is 13.7. The summed E-state index contributed by atoms with van der Waals surface area (Å²) in [6, 6.07) is 9.85. The number of halogens is 2. The monoisotopic (exact) mass is 642 g/mol. The van der Waals surface area contributed by atoms with Crippen LogP contribution in [0.2, 0.25) is 10.0 Å². The number of nitrogens with one attached hydrogen (secondary N) is 2. The van der Waals surface area contributed by atoms with Crippen LogP contribution >= 0.6 is 23.2 Å². The van der Waals surface area contributed by atoms with E-state index in [4.69, 9.17) is 32.7 Å². The molecule has 2 fully saturated rings. The standard InChI is InChI=1S/C30H32Cl2N6O6/c1-37-14-20(29(41)38(2)30(37)42)27(40)35-22-9-5-7-18(25(22)32)17-6-4-8-19(24(17)31)26-34-13-16(28(36-26)43-3)12-33-21-10-11-44-15-23(21)39/h4-9,13,20-21,23,33,39H,10-12,14-15H2,1-3H3,(H,35,40)/t20?,21-,23+/m1/s1. The molecular weight excluding hydrogens is 611 g/mol. The van der Waals surface area contributed by atoms with Crippen molar-refractivity contribution in [3.63, 3.8) is 0 Å². The lowest BCUT2D eigenvalue weighted by Gasteiger charge is -2.33. The molecular formula is C30H32Cl2N6O6. The number of rotatable bonds is 8. The number of amides is 4. The maximum Gasteiger partial charge on any atom is 0.326 e. The molecule has 2 aromatic carbocycles. The third-order valence-corrected chi connectivity index (χ3v) is 8.52. The summed E-state index contributed by atoms with van der Waals surface area (Å²) in [5.41, 5.74) is 2.65. The normalized spacial score (nSPS) is 20.5. The summed E-state index contributed by atoms with van der Waals surface area (Å²) in [6.07, 6.45) is 1.74. The summed E-state index contributed by atoms with van der Waals surface area (Å²) in [5, 5.41) is 16.8. The Morgan fingerprint density at radius 2 is 1.82 bits per heavy atom. The lowest BCUT2D eigenvalue weighted by molar-refractivity contribution is -0.140. The number of hydrogen-bond donors (Lipinski definition) is 3. The fraction of sp³-hybridized carbons (Fsp3) is 0.367. The number of anilines is 1. The van der Waals surface area contributed by atoms with E-state index >= 15 is 0 Å². The first kappa shape index (κ1) is 31.6. The third-order valence-electron chi connectivity index (χ3n) is 7.70. The Hall–Kier alpha value is -3.81. The number of aliphatic hydroxyl groups excluding tert-OH is 1. The molecule has 232 valence electrons. The van der Waals surface area contributed by atoms with E-state index in [1.807, 2.05) is 0 Å². The van der Waals surface area contributed by atoms with Crippen LogP contribution < -0.4 is 15.4 Å². The maximum absolute atomic E-state index is 13.1. The molecule has 3 N–H and O–H groups in total. The van der Waals surface area contributed by atoms with Crippen molar-refractivity contribution in [1.82, 2.24) is 25.1 Å². The number of hydrogen-bond acceptors (Lipinski definition) is 9. The van der Waals surface area contributed by atoms with Crippen LogP contribution in [0.15, 0.2) is 42.6 Å². The highest BCUT2D eigenvalue weighted by atomic mass is 35.5. The Morgan fingerprint density at radius 3 is 2.55 bits per heavy atom. The van der Waals surface area contributed by atoms with Gasteiger partial charge >= 0.3 is 6.03 Å². The van der Waals surface area contributed by atoms with Gasteiger partial charge in [-0.1, -0.05) is 47.5 Å². The van der Waals surface area contributed by atoms with Crippen molar-refractivity contribution in [2.75, 3.05) is 46.3 Å². The highest BCUT2D eigenvalue weighted by molar-refractivity contribution is 6.39. The Bertz CT molecular complexity index is 1590. The van der Waals surface area contributed by atoms with Crippen molar-refractivity contribution in [2.45, 2.75) is 25.1 Å².